The molecule has 4 N–H and O–H groups in total. The number of hydrogen-bond acceptors (Lipinski definition) is 13. The Labute approximate surface area is 391 Å². The number of ether oxygens (including phenoxy) is 1. The summed E-state index contributed by atoms with van der Waals surface area (Å²) in [5.41, 5.74) is 4.28. The molecule has 9 rings (SSSR count). The summed E-state index contributed by atoms with van der Waals surface area (Å²) >= 11 is 0. The number of piperidine rings is 2. The number of imide groups is 1. The van der Waals surface area contributed by atoms with Crippen LogP contribution in [0.25, 0.3) is 5.69 Å². The molecule has 2 atom stereocenters. The number of unbranched alkanes of at least 4 members (excludes halogenated alkanes) is 2. The molecular weight excluding hydrogens is 853 g/mol. The van der Waals surface area contributed by atoms with E-state index < -0.39 is 11.9 Å². The molecule has 4 aromatic rings. The summed E-state index contributed by atoms with van der Waals surface area (Å²) < 4.78 is 7.85. The number of aryl methyl sites for hydroxylation is 1. The lowest BCUT2D eigenvalue weighted by molar-refractivity contribution is -0.137. The number of carbonyl (C=O) groups excluding carboxylic acids is 5. The van der Waals surface area contributed by atoms with E-state index in [-0.39, 0.29) is 42.1 Å². The zero-order valence-electron chi connectivity index (χ0n) is 38.8. The Morgan fingerprint density at radius 3 is 2.54 bits per heavy atom. The maximum Gasteiger partial charge on any atom is 0.255 e. The Bertz CT molecular complexity index is 2510. The van der Waals surface area contributed by atoms with Crippen molar-refractivity contribution in [2.75, 3.05) is 48.8 Å². The van der Waals surface area contributed by atoms with Crippen LogP contribution >= 0.6 is 0 Å². The molecule has 2 aromatic carbocycles. The minimum absolute atomic E-state index is 0.0491. The molecule has 0 radical (unpaired) electrons. The van der Waals surface area contributed by atoms with Gasteiger partial charge in [-0.3, -0.25) is 33.9 Å². The second kappa shape index (κ2) is 20.1. The van der Waals surface area contributed by atoms with Gasteiger partial charge in [-0.1, -0.05) is 38.7 Å². The first-order valence-corrected chi connectivity index (χ1v) is 24.2. The summed E-state index contributed by atoms with van der Waals surface area (Å²) in [5.74, 6) is 3.10. The van der Waals surface area contributed by atoms with Crippen molar-refractivity contribution in [3.8, 4) is 11.4 Å². The molecule has 1 unspecified atom stereocenters. The standard InChI is InChI=1S/C49H62N12O6/c1-4-38-45-57-56-30(2)61(45)40-27-51-49(55-44(40)59(38)28-31-12-7-5-8-13-31)53-37-18-17-32(26-41(37)67-3)46(64)52-33-21-24-58(25-22-33)43(63)16-9-6-10-23-50-36-15-11-14-34-35(36)29-60(48(34)66)39-19-20-42(62)54-47(39)65/h11,14-15,17-18,26-27,31,33,38-39,50H,4-10,12-13,16,19-25,28-29H2,1-3H3,(H,52,64)(H,51,53,55)(H,54,62,65)/t38-,39?/m1/s1. The molecule has 0 bridgehead atoms. The van der Waals surface area contributed by atoms with Gasteiger partial charge in [-0.05, 0) is 94.5 Å². The molecule has 5 aliphatic rings. The first-order valence-electron chi connectivity index (χ1n) is 24.2. The van der Waals surface area contributed by atoms with Crippen molar-refractivity contribution < 1.29 is 28.7 Å². The maximum absolute atomic E-state index is 13.5. The van der Waals surface area contributed by atoms with Crippen molar-refractivity contribution >= 4 is 52.7 Å². The summed E-state index contributed by atoms with van der Waals surface area (Å²) in [6.45, 7) is 7.21. The predicted octanol–water partition coefficient (Wildman–Crippen LogP) is 6.12. The van der Waals surface area contributed by atoms with Crippen molar-refractivity contribution in [2.24, 2.45) is 5.92 Å². The zero-order valence-corrected chi connectivity index (χ0v) is 38.8. The van der Waals surface area contributed by atoms with E-state index in [2.05, 4.69) is 47.9 Å². The molecule has 2 saturated heterocycles. The topological polar surface area (TPSA) is 209 Å². The smallest absolute Gasteiger partial charge is 0.255 e. The molecule has 354 valence electrons. The number of rotatable bonds is 16. The van der Waals surface area contributed by atoms with Crippen LogP contribution < -0.4 is 30.9 Å². The van der Waals surface area contributed by atoms with Gasteiger partial charge >= 0.3 is 0 Å². The number of benzene rings is 2. The largest absolute Gasteiger partial charge is 0.495 e. The normalized spacial score (nSPS) is 19.7. The van der Waals surface area contributed by atoms with Gasteiger partial charge in [-0.15, -0.1) is 10.2 Å². The number of hydrogen-bond donors (Lipinski definition) is 4. The van der Waals surface area contributed by atoms with E-state index in [0.717, 1.165) is 66.6 Å². The van der Waals surface area contributed by atoms with Gasteiger partial charge in [0.2, 0.25) is 23.7 Å². The van der Waals surface area contributed by atoms with E-state index in [1.165, 1.54) is 32.1 Å². The lowest BCUT2D eigenvalue weighted by atomic mass is 9.88. The fourth-order valence-electron chi connectivity index (χ4n) is 10.5. The zero-order chi connectivity index (χ0) is 46.6. The fourth-order valence-corrected chi connectivity index (χ4v) is 10.5. The van der Waals surface area contributed by atoms with Crippen LogP contribution in [0, 0.1) is 12.8 Å². The van der Waals surface area contributed by atoms with Gasteiger partial charge in [-0.2, -0.15) is 4.98 Å². The van der Waals surface area contributed by atoms with Crippen LogP contribution in [0.15, 0.2) is 42.6 Å². The monoisotopic (exact) mass is 914 g/mol. The van der Waals surface area contributed by atoms with Crippen molar-refractivity contribution in [1.29, 1.82) is 0 Å². The molecule has 4 aliphatic heterocycles. The molecule has 1 saturated carbocycles. The van der Waals surface area contributed by atoms with E-state index in [1.54, 1.807) is 30.2 Å². The van der Waals surface area contributed by atoms with Gasteiger partial charge in [0.15, 0.2) is 11.6 Å². The summed E-state index contributed by atoms with van der Waals surface area (Å²) in [7, 11) is 1.58. The quantitative estimate of drug-likeness (QED) is 0.0739. The Hall–Kier alpha value is -6.59. The molecule has 5 amide bonds. The molecule has 18 nitrogen and oxygen atoms in total. The van der Waals surface area contributed by atoms with Crippen LogP contribution in [0.5, 0.6) is 5.75 Å². The minimum atomic E-state index is -0.651. The third-order valence-corrected chi connectivity index (χ3v) is 14.2. The van der Waals surface area contributed by atoms with E-state index in [0.29, 0.717) is 86.3 Å². The highest BCUT2D eigenvalue weighted by Gasteiger charge is 2.40. The number of anilines is 4. The second-order valence-corrected chi connectivity index (χ2v) is 18.6. The van der Waals surface area contributed by atoms with Crippen LogP contribution in [0.4, 0.5) is 23.1 Å². The highest BCUT2D eigenvalue weighted by molar-refractivity contribution is 6.06. The predicted molar refractivity (Wildman–Crippen MR) is 251 cm³/mol. The Morgan fingerprint density at radius 1 is 0.940 bits per heavy atom. The van der Waals surface area contributed by atoms with Crippen LogP contribution in [0.2, 0.25) is 0 Å². The van der Waals surface area contributed by atoms with Crippen LogP contribution in [-0.4, -0.2) is 109 Å². The highest BCUT2D eigenvalue weighted by Crippen LogP contribution is 2.41. The summed E-state index contributed by atoms with van der Waals surface area (Å²) in [6, 6.07) is 10.2. The van der Waals surface area contributed by atoms with Crippen molar-refractivity contribution in [2.45, 2.75) is 128 Å². The van der Waals surface area contributed by atoms with Gasteiger partial charge < -0.3 is 35.4 Å². The van der Waals surface area contributed by atoms with Gasteiger partial charge in [0.1, 0.15) is 23.3 Å². The molecule has 6 heterocycles. The Morgan fingerprint density at radius 2 is 1.76 bits per heavy atom. The number of aromatic nitrogens is 5. The lowest BCUT2D eigenvalue weighted by Gasteiger charge is -2.39. The Kier molecular flexibility index (Phi) is 13.7. The number of nitrogens with zero attached hydrogens (tertiary/aromatic N) is 8. The van der Waals surface area contributed by atoms with Crippen LogP contribution in [0.3, 0.4) is 0 Å². The van der Waals surface area contributed by atoms with E-state index in [9.17, 15) is 24.0 Å². The lowest BCUT2D eigenvalue weighted by Crippen LogP contribution is -2.52. The first kappa shape index (κ1) is 45.6. The summed E-state index contributed by atoms with van der Waals surface area (Å²) in [5, 5.41) is 21.4. The average molecular weight is 915 g/mol. The van der Waals surface area contributed by atoms with Gasteiger partial charge in [0.05, 0.1) is 25.0 Å². The van der Waals surface area contributed by atoms with Gasteiger partial charge in [0, 0.05) is 74.0 Å². The van der Waals surface area contributed by atoms with E-state index >= 15 is 0 Å². The van der Waals surface area contributed by atoms with Crippen LogP contribution in [0.1, 0.15) is 141 Å². The number of fused-ring (bicyclic) bond motifs is 4. The number of nitrogens with one attached hydrogen (secondary N) is 4. The summed E-state index contributed by atoms with van der Waals surface area (Å²) in [6.07, 6.45) is 13.8. The number of carbonyl (C=O) groups is 5. The maximum atomic E-state index is 13.5. The number of amides is 5. The number of methoxy groups -OCH3 is 1. The van der Waals surface area contributed by atoms with E-state index in [1.807, 2.05) is 36.2 Å². The molecule has 67 heavy (non-hydrogen) atoms. The van der Waals surface area contributed by atoms with Crippen molar-refractivity contribution in [3.63, 3.8) is 0 Å². The third kappa shape index (κ3) is 9.66. The Balaban J connectivity index is 0.730. The fraction of sp³-hybridized carbons (Fsp3) is 0.531. The molecular formula is C49H62N12O6. The van der Waals surface area contributed by atoms with Crippen LogP contribution in [-0.2, 0) is 20.9 Å². The second-order valence-electron chi connectivity index (χ2n) is 18.6. The SMILES string of the molecule is CC[C@@H]1c2nnc(C)n2-c2cnc(Nc3ccc(C(=O)NC4CCN(C(=O)CCCCCNc5cccc6c5CN(C5CCC(=O)NC5=O)C6=O)CC4)cc3OC)nc2N1CC1CCCCC1. The highest BCUT2D eigenvalue weighted by atomic mass is 16.5. The third-order valence-electron chi connectivity index (χ3n) is 14.2. The van der Waals surface area contributed by atoms with Gasteiger partial charge in [0.25, 0.3) is 11.8 Å². The summed E-state index contributed by atoms with van der Waals surface area (Å²) in [4.78, 5) is 79.6. The number of likely N-dealkylation sites (tertiary alicyclic amines) is 1. The van der Waals surface area contributed by atoms with E-state index in [4.69, 9.17) is 14.7 Å². The molecule has 0 spiro atoms. The molecule has 18 heteroatoms. The molecule has 3 fully saturated rings. The van der Waals surface area contributed by atoms with Gasteiger partial charge in [-0.25, -0.2) is 4.98 Å². The van der Waals surface area contributed by atoms with Crippen molar-refractivity contribution in [1.82, 2.24) is 45.2 Å². The average Bonchev–Trinajstić information content (AvgIpc) is 3.89. The minimum Gasteiger partial charge on any atom is -0.495 e. The molecule has 2 aromatic heterocycles. The van der Waals surface area contributed by atoms with Crippen molar-refractivity contribution in [3.05, 3.63) is 70.9 Å². The first-order chi connectivity index (χ1) is 32.6. The molecule has 1 aliphatic carbocycles.